The van der Waals surface area contributed by atoms with Gasteiger partial charge in [-0.2, -0.15) is 0 Å². The highest BCUT2D eigenvalue weighted by molar-refractivity contribution is 5.79. The smallest absolute Gasteiger partial charge is 0.410 e. The molecule has 0 aliphatic carbocycles. The van der Waals surface area contributed by atoms with E-state index in [0.717, 1.165) is 0 Å². The summed E-state index contributed by atoms with van der Waals surface area (Å²) in [4.78, 5) is 22.5. The summed E-state index contributed by atoms with van der Waals surface area (Å²) in [6.45, 7) is -2.96. The maximum atomic E-state index is 11.9. The minimum atomic E-state index is -3.71. The summed E-state index contributed by atoms with van der Waals surface area (Å²) >= 11 is 0. The van der Waals surface area contributed by atoms with Crippen molar-refractivity contribution in [2.24, 2.45) is 0 Å². The maximum Gasteiger partial charge on any atom is 0.410 e. The van der Waals surface area contributed by atoms with Crippen LogP contribution in [0.2, 0.25) is 0 Å². The molecule has 1 N–H and O–H groups in total. The molecular weight excluding hydrogens is 186 g/mol. The fourth-order valence-electron chi connectivity index (χ4n) is 0.495. The van der Waals surface area contributed by atoms with E-state index in [1.165, 1.54) is 20.8 Å². The van der Waals surface area contributed by atoms with E-state index in [-0.39, 0.29) is 0 Å². The van der Waals surface area contributed by atoms with Crippen LogP contribution >= 0.6 is 0 Å². The molecule has 0 aromatic rings. The standard InChI is InChI=1S/C9H17NO4/c1-6(7(11)12)10(5)8(13)14-9(2,3)4/h6H,1-5H3,(H,11,12)/t6-/m0/s1/i1D3,5D3,6D. The van der Waals surface area contributed by atoms with Crippen molar-refractivity contribution in [2.75, 3.05) is 6.98 Å². The Morgan fingerprint density at radius 3 is 2.43 bits per heavy atom. The first kappa shape index (κ1) is 5.00. The van der Waals surface area contributed by atoms with E-state index in [4.69, 9.17) is 19.4 Å². The molecule has 14 heavy (non-hydrogen) atoms. The van der Waals surface area contributed by atoms with Gasteiger partial charge in [0.05, 0.1) is 1.37 Å². The first-order valence-electron chi connectivity index (χ1n) is 7.21. The van der Waals surface area contributed by atoms with Gasteiger partial charge in [0.2, 0.25) is 0 Å². The number of carboxylic acid groups (broad SMARTS) is 1. The van der Waals surface area contributed by atoms with Crippen molar-refractivity contribution in [1.29, 1.82) is 0 Å². The summed E-state index contributed by atoms with van der Waals surface area (Å²) in [5, 5.41) is 9.00. The molecule has 0 bridgehead atoms. The van der Waals surface area contributed by atoms with Crippen molar-refractivity contribution in [3.05, 3.63) is 0 Å². The molecule has 0 heterocycles. The summed E-state index contributed by atoms with van der Waals surface area (Å²) in [6, 6.07) is -3.71. The van der Waals surface area contributed by atoms with Crippen LogP contribution in [0.1, 0.15) is 37.2 Å². The zero-order valence-corrected chi connectivity index (χ0v) is 8.12. The van der Waals surface area contributed by atoms with Crippen LogP contribution in [0.4, 0.5) is 4.79 Å². The second-order valence-electron chi connectivity index (χ2n) is 3.47. The number of carbonyl (C=O) groups is 2. The van der Waals surface area contributed by atoms with E-state index in [9.17, 15) is 9.59 Å². The highest BCUT2D eigenvalue weighted by Gasteiger charge is 2.26. The van der Waals surface area contributed by atoms with Crippen LogP contribution in [-0.2, 0) is 9.53 Å². The van der Waals surface area contributed by atoms with Gasteiger partial charge in [0.15, 0.2) is 0 Å². The molecule has 0 fully saturated rings. The van der Waals surface area contributed by atoms with E-state index >= 15 is 0 Å². The molecule has 0 aliphatic rings. The van der Waals surface area contributed by atoms with Crippen LogP contribution in [0.15, 0.2) is 0 Å². The molecule has 1 amide bonds. The minimum absolute atomic E-state index is 0.555. The van der Waals surface area contributed by atoms with Crippen molar-refractivity contribution in [3.63, 3.8) is 0 Å². The number of hydrogen-bond acceptors (Lipinski definition) is 3. The van der Waals surface area contributed by atoms with Crippen LogP contribution in [-0.4, -0.2) is 40.7 Å². The Morgan fingerprint density at radius 1 is 1.57 bits per heavy atom. The Morgan fingerprint density at radius 2 is 2.14 bits per heavy atom. The van der Waals surface area contributed by atoms with Gasteiger partial charge in [-0.05, 0) is 27.6 Å². The van der Waals surface area contributed by atoms with E-state index in [0.29, 0.717) is 0 Å². The molecule has 0 saturated carbocycles. The Balaban J connectivity index is 6.05. The minimum Gasteiger partial charge on any atom is -0.480 e. The molecule has 0 rings (SSSR count). The Hall–Kier alpha value is -1.26. The third-order valence-corrected chi connectivity index (χ3v) is 1.00. The van der Waals surface area contributed by atoms with E-state index < -0.39 is 42.4 Å². The van der Waals surface area contributed by atoms with Crippen molar-refractivity contribution >= 4 is 12.1 Å². The number of amides is 1. The van der Waals surface area contributed by atoms with Crippen molar-refractivity contribution in [3.8, 4) is 0 Å². The number of hydrogen-bond donors (Lipinski definition) is 1. The van der Waals surface area contributed by atoms with Crippen molar-refractivity contribution in [2.45, 2.75) is 39.2 Å². The summed E-state index contributed by atoms with van der Waals surface area (Å²) in [7, 11) is 0. The predicted molar refractivity (Wildman–Crippen MR) is 51.1 cm³/mol. The first-order valence-corrected chi connectivity index (χ1v) is 3.71. The third-order valence-electron chi connectivity index (χ3n) is 1.00. The fourth-order valence-corrected chi connectivity index (χ4v) is 0.495. The van der Waals surface area contributed by atoms with Gasteiger partial charge in [-0.1, -0.05) is 0 Å². The molecule has 0 radical (unpaired) electrons. The lowest BCUT2D eigenvalue weighted by molar-refractivity contribution is -0.141. The summed E-state index contributed by atoms with van der Waals surface area (Å²) in [5.41, 5.74) is -1.20. The number of carbonyl (C=O) groups excluding carboxylic acids is 1. The van der Waals surface area contributed by atoms with Gasteiger partial charge in [-0.15, -0.1) is 0 Å². The van der Waals surface area contributed by atoms with Crippen LogP contribution in [0.3, 0.4) is 0 Å². The molecule has 0 aromatic heterocycles. The molecule has 0 saturated heterocycles. The van der Waals surface area contributed by atoms with E-state index in [2.05, 4.69) is 0 Å². The van der Waals surface area contributed by atoms with Crippen LogP contribution in [0.5, 0.6) is 0 Å². The lowest BCUT2D eigenvalue weighted by atomic mass is 10.2. The van der Waals surface area contributed by atoms with Crippen molar-refractivity contribution < 1.29 is 29.0 Å². The molecule has 0 spiro atoms. The predicted octanol–water partition coefficient (Wildman–Crippen LogP) is 1.33. The van der Waals surface area contributed by atoms with Gasteiger partial charge in [0, 0.05) is 15.2 Å². The number of aliphatic carboxylic acids is 1. The van der Waals surface area contributed by atoms with Gasteiger partial charge in [-0.25, -0.2) is 9.59 Å². The number of likely N-dealkylation sites (N-methyl/N-ethyl adjacent to an activating group) is 1. The Labute approximate surface area is 93.5 Å². The highest BCUT2D eigenvalue weighted by Crippen LogP contribution is 2.10. The van der Waals surface area contributed by atoms with Gasteiger partial charge in [0.25, 0.3) is 0 Å². The van der Waals surface area contributed by atoms with Gasteiger partial charge >= 0.3 is 12.1 Å². The Bertz CT molecular complexity index is 425. The normalized spacial score (nSPS) is 24.6. The molecule has 0 aliphatic heterocycles. The number of ether oxygens (including phenoxy) is 1. The summed E-state index contributed by atoms with van der Waals surface area (Å²) in [5.74, 6) is -2.30. The average Bonchev–Trinajstić information content (AvgIpc) is 2.09. The van der Waals surface area contributed by atoms with Gasteiger partial charge in [0.1, 0.15) is 11.6 Å². The largest absolute Gasteiger partial charge is 0.480 e. The maximum absolute atomic E-state index is 11.9. The lowest BCUT2D eigenvalue weighted by Gasteiger charge is -2.26. The molecule has 82 valence electrons. The molecule has 1 atom stereocenters. The molecule has 5 nitrogen and oxygen atoms in total. The molecule has 0 unspecified atom stereocenters. The van der Waals surface area contributed by atoms with Crippen molar-refractivity contribution in [1.82, 2.24) is 4.90 Å². The number of nitrogens with zero attached hydrogens (tertiary/aromatic N) is 1. The SMILES string of the molecule is [2H]C([2H])([2H])N(C(=O)OC(C)(C)C)[C@]([2H])(C(=O)O)C([2H])([2H])[2H]. The van der Waals surface area contributed by atoms with Gasteiger partial charge in [-0.3, -0.25) is 4.90 Å². The second-order valence-corrected chi connectivity index (χ2v) is 3.47. The Kier molecular flexibility index (Phi) is 1.54. The van der Waals surface area contributed by atoms with E-state index in [1.54, 1.807) is 0 Å². The molecule has 5 heteroatoms. The summed E-state index contributed by atoms with van der Waals surface area (Å²) in [6.07, 6.45) is -1.73. The second kappa shape index (κ2) is 4.30. The zero-order chi connectivity index (χ0) is 17.4. The molecule has 0 aromatic carbocycles. The quantitative estimate of drug-likeness (QED) is 0.746. The van der Waals surface area contributed by atoms with Crippen LogP contribution < -0.4 is 0 Å². The third kappa shape index (κ3) is 4.11. The average molecular weight is 210 g/mol. The van der Waals surface area contributed by atoms with Gasteiger partial charge < -0.3 is 9.84 Å². The first-order chi connectivity index (χ1) is 8.94. The lowest BCUT2D eigenvalue weighted by Crippen LogP contribution is -2.43. The topological polar surface area (TPSA) is 66.8 Å². The van der Waals surface area contributed by atoms with E-state index in [1.807, 2.05) is 0 Å². The monoisotopic (exact) mass is 210 g/mol. The fraction of sp³-hybridized carbons (Fsp3) is 0.778. The van der Waals surface area contributed by atoms with Crippen LogP contribution in [0.25, 0.3) is 0 Å². The molecular formula is C9H17NO4. The van der Waals surface area contributed by atoms with Crippen LogP contribution in [0, 0.1) is 0 Å². The summed E-state index contributed by atoms with van der Waals surface area (Å²) < 4.78 is 55.2. The highest BCUT2D eigenvalue weighted by atomic mass is 16.6. The zero-order valence-electron chi connectivity index (χ0n) is 15.1. The number of rotatable bonds is 2. The number of carboxylic acids is 1.